The molecule has 2 saturated heterocycles. The highest BCUT2D eigenvalue weighted by molar-refractivity contribution is 7.87. The molecule has 1 saturated carbocycles. The van der Waals surface area contributed by atoms with Crippen LogP contribution < -0.4 is 4.72 Å². The molecule has 3 fully saturated rings. The van der Waals surface area contributed by atoms with Crippen LogP contribution >= 0.6 is 0 Å². The molecule has 1 aliphatic carbocycles. The second kappa shape index (κ2) is 8.61. The van der Waals surface area contributed by atoms with Crippen LogP contribution in [0, 0.1) is 23.7 Å². The van der Waals surface area contributed by atoms with E-state index >= 15 is 0 Å². The van der Waals surface area contributed by atoms with Gasteiger partial charge in [0.1, 0.15) is 0 Å². The van der Waals surface area contributed by atoms with E-state index in [0.717, 1.165) is 5.56 Å². The summed E-state index contributed by atoms with van der Waals surface area (Å²) in [5.41, 5.74) is 1.02. The van der Waals surface area contributed by atoms with Gasteiger partial charge in [-0.05, 0) is 23.8 Å². The minimum Gasteiger partial charge on any atom is -0.375 e. The highest BCUT2D eigenvalue weighted by Crippen LogP contribution is 2.49. The zero-order valence-corrected chi connectivity index (χ0v) is 19.0. The molecule has 3 aliphatic rings. The van der Waals surface area contributed by atoms with E-state index in [1.54, 1.807) is 6.92 Å². The Labute approximate surface area is 184 Å². The Balaban J connectivity index is 1.34. The molecule has 0 bridgehead atoms. The Hall–Kier alpha value is -1.81. The number of ether oxygens (including phenoxy) is 1. The van der Waals surface area contributed by atoms with Crippen LogP contribution in [0.2, 0.25) is 0 Å². The number of amides is 2. The molecule has 170 valence electrons. The van der Waals surface area contributed by atoms with Gasteiger partial charge in [-0.15, -0.1) is 0 Å². The number of carbonyl (C=O) groups is 2. The van der Waals surface area contributed by atoms with Crippen molar-refractivity contribution in [3.05, 3.63) is 35.9 Å². The maximum Gasteiger partial charge on any atom is 0.279 e. The molecular weight excluding hydrogens is 418 g/mol. The first-order chi connectivity index (χ1) is 14.7. The maximum atomic E-state index is 12.9. The Morgan fingerprint density at radius 1 is 1.16 bits per heavy atom. The van der Waals surface area contributed by atoms with Gasteiger partial charge >= 0.3 is 0 Å². The fourth-order valence-electron chi connectivity index (χ4n) is 5.08. The number of nitrogens with zero attached hydrogens (tertiary/aromatic N) is 2. The largest absolute Gasteiger partial charge is 0.375 e. The summed E-state index contributed by atoms with van der Waals surface area (Å²) in [6, 6.07) is 8.79. The van der Waals surface area contributed by atoms with Crippen molar-refractivity contribution in [1.29, 1.82) is 0 Å². The monoisotopic (exact) mass is 449 g/mol. The summed E-state index contributed by atoms with van der Waals surface area (Å²) in [6.07, 6.45) is 0.480. The number of benzene rings is 1. The average Bonchev–Trinajstić information content (AvgIpc) is 3.05. The number of nitrogens with one attached hydrogen (secondary N) is 1. The number of carbonyl (C=O) groups excluding carboxylic acids is 2. The highest BCUT2D eigenvalue weighted by atomic mass is 32.2. The van der Waals surface area contributed by atoms with Crippen molar-refractivity contribution in [3.63, 3.8) is 0 Å². The molecule has 1 aromatic carbocycles. The Morgan fingerprint density at radius 3 is 2.48 bits per heavy atom. The minimum absolute atomic E-state index is 0.125. The Bertz CT molecular complexity index is 930. The summed E-state index contributed by atoms with van der Waals surface area (Å²) in [5, 5.41) is 0. The molecule has 1 unspecified atom stereocenters. The third-order valence-corrected chi connectivity index (χ3v) is 8.75. The fraction of sp³-hybridized carbons (Fsp3) is 0.636. The van der Waals surface area contributed by atoms with Crippen molar-refractivity contribution in [3.8, 4) is 0 Å². The van der Waals surface area contributed by atoms with Gasteiger partial charge in [-0.2, -0.15) is 17.4 Å². The van der Waals surface area contributed by atoms with Gasteiger partial charge in [0.15, 0.2) is 0 Å². The molecule has 4 rings (SSSR count). The number of fused-ring (bicyclic) bond motifs is 1. The average molecular weight is 450 g/mol. The Kier molecular flexibility index (Phi) is 6.22. The zero-order chi connectivity index (χ0) is 22.3. The van der Waals surface area contributed by atoms with E-state index in [1.807, 2.05) is 44.2 Å². The van der Waals surface area contributed by atoms with Crippen molar-refractivity contribution in [2.75, 3.05) is 19.7 Å². The van der Waals surface area contributed by atoms with Crippen LogP contribution in [0.5, 0.6) is 0 Å². The van der Waals surface area contributed by atoms with E-state index in [4.69, 9.17) is 4.74 Å². The molecule has 0 spiro atoms. The molecule has 0 aromatic heterocycles. The van der Waals surface area contributed by atoms with E-state index < -0.39 is 22.2 Å². The number of rotatable bonds is 8. The standard InChI is InChI=1S/C22H31N3O5S/c1-14-15(2)19(14)22(27)25-18-9-11-24(20(18)16(3)21(25)26)31(28,29)23-10-12-30-13-17-7-5-4-6-8-17/h4-8,14-16,18-20,23H,9-13H2,1-3H3/t14-,15+,16-,18-,19?,20+/m0/s1. The van der Waals surface area contributed by atoms with Gasteiger partial charge in [-0.1, -0.05) is 51.1 Å². The van der Waals surface area contributed by atoms with Gasteiger partial charge < -0.3 is 4.74 Å². The third-order valence-electron chi connectivity index (χ3n) is 7.14. The predicted octanol–water partition coefficient (Wildman–Crippen LogP) is 1.39. The lowest BCUT2D eigenvalue weighted by atomic mass is 10.0. The van der Waals surface area contributed by atoms with Crippen molar-refractivity contribution in [2.45, 2.75) is 45.9 Å². The molecule has 2 heterocycles. The van der Waals surface area contributed by atoms with E-state index in [0.29, 0.717) is 19.6 Å². The van der Waals surface area contributed by atoms with Gasteiger partial charge in [0.05, 0.1) is 31.2 Å². The van der Waals surface area contributed by atoms with Crippen LogP contribution in [-0.2, 0) is 31.1 Å². The Morgan fingerprint density at radius 2 is 1.84 bits per heavy atom. The molecule has 2 amide bonds. The first-order valence-corrected chi connectivity index (χ1v) is 12.4. The van der Waals surface area contributed by atoms with Gasteiger partial charge in [0.25, 0.3) is 10.2 Å². The summed E-state index contributed by atoms with van der Waals surface area (Å²) in [4.78, 5) is 27.2. The SMILES string of the molecule is C[C@@H]1C(=O)N(C(=O)C2[C@@H](C)[C@H]2C)[C@H]2CCN(S(=O)(=O)NCCOCc3ccccc3)[C@H]12. The van der Waals surface area contributed by atoms with Gasteiger partial charge in [0, 0.05) is 19.0 Å². The lowest BCUT2D eigenvalue weighted by molar-refractivity contribution is -0.146. The molecule has 9 heteroatoms. The normalized spacial score (nSPS) is 33.0. The van der Waals surface area contributed by atoms with Crippen molar-refractivity contribution < 1.29 is 22.7 Å². The third kappa shape index (κ3) is 4.16. The molecule has 2 aliphatic heterocycles. The highest BCUT2D eigenvalue weighted by Gasteiger charge is 2.60. The molecule has 0 radical (unpaired) electrons. The van der Waals surface area contributed by atoms with Gasteiger partial charge in [0.2, 0.25) is 11.8 Å². The maximum absolute atomic E-state index is 12.9. The number of hydrogen-bond acceptors (Lipinski definition) is 5. The smallest absolute Gasteiger partial charge is 0.279 e. The topological polar surface area (TPSA) is 96.0 Å². The van der Waals surface area contributed by atoms with Crippen LogP contribution in [0.25, 0.3) is 0 Å². The molecule has 1 N–H and O–H groups in total. The predicted molar refractivity (Wildman–Crippen MR) is 115 cm³/mol. The van der Waals surface area contributed by atoms with E-state index in [-0.39, 0.29) is 48.8 Å². The van der Waals surface area contributed by atoms with Crippen molar-refractivity contribution in [2.24, 2.45) is 23.7 Å². The van der Waals surface area contributed by atoms with E-state index in [2.05, 4.69) is 4.72 Å². The molecule has 6 atom stereocenters. The minimum atomic E-state index is -3.78. The number of likely N-dealkylation sites (tertiary alicyclic amines) is 1. The molecule has 1 aromatic rings. The van der Waals surface area contributed by atoms with Crippen LogP contribution in [0.15, 0.2) is 30.3 Å². The van der Waals surface area contributed by atoms with E-state index in [9.17, 15) is 18.0 Å². The summed E-state index contributed by atoms with van der Waals surface area (Å²) < 4.78 is 35.4. The first kappa shape index (κ1) is 22.4. The van der Waals surface area contributed by atoms with Crippen molar-refractivity contribution in [1.82, 2.24) is 13.9 Å². The molecular formula is C22H31N3O5S. The van der Waals surface area contributed by atoms with Crippen LogP contribution in [0.1, 0.15) is 32.8 Å². The van der Waals surface area contributed by atoms with Crippen LogP contribution in [-0.4, -0.2) is 61.2 Å². The number of imide groups is 1. The fourth-order valence-corrected chi connectivity index (χ4v) is 6.58. The van der Waals surface area contributed by atoms with Crippen LogP contribution in [0.4, 0.5) is 0 Å². The molecule has 31 heavy (non-hydrogen) atoms. The lowest BCUT2D eigenvalue weighted by Gasteiger charge is -2.25. The zero-order valence-electron chi connectivity index (χ0n) is 18.2. The van der Waals surface area contributed by atoms with Gasteiger partial charge in [-0.25, -0.2) is 0 Å². The summed E-state index contributed by atoms with van der Waals surface area (Å²) >= 11 is 0. The second-order valence-corrected chi connectivity index (χ2v) is 10.7. The number of hydrogen-bond donors (Lipinski definition) is 1. The lowest BCUT2D eigenvalue weighted by Crippen LogP contribution is -2.48. The summed E-state index contributed by atoms with van der Waals surface area (Å²) in [6.45, 7) is 6.86. The van der Waals surface area contributed by atoms with Gasteiger partial charge in [-0.3, -0.25) is 14.5 Å². The summed E-state index contributed by atoms with van der Waals surface area (Å²) in [5.74, 6) is -0.502. The quantitative estimate of drug-likeness (QED) is 0.478. The van der Waals surface area contributed by atoms with E-state index in [1.165, 1.54) is 9.21 Å². The second-order valence-electron chi connectivity index (χ2n) is 8.97. The molecule has 8 nitrogen and oxygen atoms in total. The van der Waals surface area contributed by atoms with Crippen LogP contribution in [0.3, 0.4) is 0 Å². The summed E-state index contributed by atoms with van der Waals surface area (Å²) in [7, 11) is -3.78. The first-order valence-electron chi connectivity index (χ1n) is 11.0. The van der Waals surface area contributed by atoms with Crippen molar-refractivity contribution >= 4 is 22.0 Å².